The van der Waals surface area contributed by atoms with Gasteiger partial charge in [0.15, 0.2) is 21.0 Å². The van der Waals surface area contributed by atoms with Crippen LogP contribution in [0.5, 0.6) is 0 Å². The van der Waals surface area contributed by atoms with Crippen molar-refractivity contribution in [3.63, 3.8) is 0 Å². The van der Waals surface area contributed by atoms with Crippen molar-refractivity contribution in [3.05, 3.63) is 63.6 Å². The maximum absolute atomic E-state index is 4.76. The third kappa shape index (κ3) is 3.84. The summed E-state index contributed by atoms with van der Waals surface area (Å²) in [6, 6.07) is 3.98. The number of fused-ring (bicyclic) bond motifs is 6. The first-order valence-electron chi connectivity index (χ1n) is 12.5. The van der Waals surface area contributed by atoms with Crippen LogP contribution in [-0.2, 0) is 6.42 Å². The first-order chi connectivity index (χ1) is 18.4. The van der Waals surface area contributed by atoms with Crippen LogP contribution in [0.15, 0.2) is 29.4 Å². The highest BCUT2D eigenvalue weighted by molar-refractivity contribution is 7.16. The molecule has 0 aliphatic heterocycles. The summed E-state index contributed by atoms with van der Waals surface area (Å²) in [5.41, 5.74) is 13.6. The molecule has 7 rings (SSSR count). The molecular weight excluding hydrogens is 514 g/mol. The van der Waals surface area contributed by atoms with Crippen LogP contribution in [0.25, 0.3) is 43.4 Å². The standard InChI is InChI=1S/C15H13N5S.C12H14N4S/c1-8-11(5-4-6-16-8)13-18-9(2)12-10(3)19-15-14(20(12)13)17-7-21-15;1-4-5-9-14-7(2)10-8(3)15-12-11(16(9)10)13-6-17-12/h4-7H,1-3H3;6H,4-5H2,1-3H3. The lowest BCUT2D eigenvalue weighted by atomic mass is 10.2. The van der Waals surface area contributed by atoms with Crippen LogP contribution >= 0.6 is 22.7 Å². The number of hydrogen-bond acceptors (Lipinski definition) is 9. The molecule has 7 aromatic rings. The number of hydrogen-bond donors (Lipinski definition) is 0. The van der Waals surface area contributed by atoms with Gasteiger partial charge in [0.2, 0.25) is 0 Å². The van der Waals surface area contributed by atoms with Gasteiger partial charge in [0.25, 0.3) is 0 Å². The highest BCUT2D eigenvalue weighted by Crippen LogP contribution is 2.30. The van der Waals surface area contributed by atoms with Crippen LogP contribution < -0.4 is 0 Å². The maximum atomic E-state index is 4.76. The average Bonchev–Trinajstić information content (AvgIpc) is 3.66. The summed E-state index contributed by atoms with van der Waals surface area (Å²) in [5, 5.41) is 0. The Labute approximate surface area is 227 Å². The van der Waals surface area contributed by atoms with E-state index in [0.29, 0.717) is 0 Å². The molecule has 0 atom stereocenters. The lowest BCUT2D eigenvalue weighted by Crippen LogP contribution is -1.98. The van der Waals surface area contributed by atoms with E-state index in [-0.39, 0.29) is 0 Å². The molecule has 192 valence electrons. The van der Waals surface area contributed by atoms with Gasteiger partial charge in [-0.2, -0.15) is 0 Å². The van der Waals surface area contributed by atoms with Gasteiger partial charge in [-0.3, -0.25) is 13.8 Å². The molecule has 7 aromatic heterocycles. The fourth-order valence-electron chi connectivity index (χ4n) is 5.03. The molecular formula is C27H27N9S2. The summed E-state index contributed by atoms with van der Waals surface area (Å²) in [6.07, 6.45) is 3.86. The average molecular weight is 542 g/mol. The van der Waals surface area contributed by atoms with Crippen LogP contribution in [0.1, 0.15) is 47.6 Å². The van der Waals surface area contributed by atoms with Crippen molar-refractivity contribution >= 4 is 54.7 Å². The summed E-state index contributed by atoms with van der Waals surface area (Å²) < 4.78 is 4.28. The highest BCUT2D eigenvalue weighted by atomic mass is 32.1. The van der Waals surface area contributed by atoms with Gasteiger partial charge in [-0.25, -0.2) is 29.9 Å². The quantitative estimate of drug-likeness (QED) is 0.261. The molecule has 7 heterocycles. The van der Waals surface area contributed by atoms with E-state index in [9.17, 15) is 0 Å². The molecule has 0 saturated heterocycles. The minimum Gasteiger partial charge on any atom is -0.276 e. The van der Waals surface area contributed by atoms with Crippen molar-refractivity contribution < 1.29 is 0 Å². The van der Waals surface area contributed by atoms with E-state index >= 15 is 0 Å². The molecule has 0 unspecified atom stereocenters. The summed E-state index contributed by atoms with van der Waals surface area (Å²) in [7, 11) is 0. The number of nitrogens with zero attached hydrogens (tertiary/aromatic N) is 9. The molecule has 0 spiro atoms. The molecule has 0 N–H and O–H groups in total. The first kappa shape index (κ1) is 24.5. The topological polar surface area (TPSA) is 99.0 Å². The molecule has 0 amide bonds. The largest absolute Gasteiger partial charge is 0.276 e. The van der Waals surface area contributed by atoms with Crippen molar-refractivity contribution in [1.29, 1.82) is 0 Å². The normalized spacial score (nSPS) is 11.6. The zero-order valence-electron chi connectivity index (χ0n) is 22.1. The van der Waals surface area contributed by atoms with Crippen molar-refractivity contribution in [2.24, 2.45) is 0 Å². The molecule has 0 aliphatic rings. The Morgan fingerprint density at radius 2 is 1.26 bits per heavy atom. The lowest BCUT2D eigenvalue weighted by Gasteiger charge is -2.06. The summed E-state index contributed by atoms with van der Waals surface area (Å²) in [4.78, 5) is 33.8. The Bertz CT molecular complexity index is 1960. The molecule has 9 nitrogen and oxygen atoms in total. The third-order valence-electron chi connectivity index (χ3n) is 6.60. The second kappa shape index (κ2) is 9.48. The molecule has 11 heteroatoms. The van der Waals surface area contributed by atoms with Gasteiger partial charge < -0.3 is 0 Å². The third-order valence-corrected chi connectivity index (χ3v) is 8.02. The van der Waals surface area contributed by atoms with Crippen molar-refractivity contribution in [3.8, 4) is 11.4 Å². The van der Waals surface area contributed by atoms with E-state index < -0.39 is 0 Å². The Morgan fingerprint density at radius 1 is 0.684 bits per heavy atom. The van der Waals surface area contributed by atoms with E-state index in [4.69, 9.17) is 4.98 Å². The fraction of sp³-hybridized carbons (Fsp3) is 0.296. The van der Waals surface area contributed by atoms with E-state index in [1.165, 1.54) is 0 Å². The van der Waals surface area contributed by atoms with Crippen LogP contribution in [-0.4, -0.2) is 43.7 Å². The SMILES string of the molecule is CCCc1nc(C)c2c(C)nc3scnc3n12.Cc1ncccc1-c1nc(C)c2c(C)nc3scnc3n12. The smallest absolute Gasteiger partial charge is 0.176 e. The van der Waals surface area contributed by atoms with E-state index in [1.54, 1.807) is 28.9 Å². The Balaban J connectivity index is 0.000000142. The predicted molar refractivity (Wildman–Crippen MR) is 153 cm³/mol. The number of pyridine rings is 1. The molecule has 0 aliphatic carbocycles. The Morgan fingerprint density at radius 3 is 1.89 bits per heavy atom. The number of rotatable bonds is 3. The molecule has 0 radical (unpaired) electrons. The van der Waals surface area contributed by atoms with Gasteiger partial charge >= 0.3 is 0 Å². The minimum absolute atomic E-state index is 0.861. The van der Waals surface area contributed by atoms with E-state index in [1.807, 2.05) is 57.8 Å². The summed E-state index contributed by atoms with van der Waals surface area (Å²) >= 11 is 3.13. The van der Waals surface area contributed by atoms with Crippen molar-refractivity contribution in [1.82, 2.24) is 43.7 Å². The Kier molecular flexibility index (Phi) is 6.11. The van der Waals surface area contributed by atoms with Crippen molar-refractivity contribution in [2.75, 3.05) is 0 Å². The van der Waals surface area contributed by atoms with Gasteiger partial charge in [0.1, 0.15) is 11.6 Å². The van der Waals surface area contributed by atoms with Crippen molar-refractivity contribution in [2.45, 2.75) is 54.4 Å². The van der Waals surface area contributed by atoms with Gasteiger partial charge in [-0.15, -0.1) is 22.7 Å². The Hall–Kier alpha value is -3.83. The zero-order valence-corrected chi connectivity index (χ0v) is 23.8. The number of aromatic nitrogens is 9. The van der Waals surface area contributed by atoms with Gasteiger partial charge in [-0.05, 0) is 53.2 Å². The molecule has 38 heavy (non-hydrogen) atoms. The highest BCUT2D eigenvalue weighted by Gasteiger charge is 2.19. The van der Waals surface area contributed by atoms with E-state index in [2.05, 4.69) is 45.6 Å². The second-order valence-electron chi connectivity index (χ2n) is 9.25. The molecule has 0 saturated carbocycles. The minimum atomic E-state index is 0.861. The van der Waals surface area contributed by atoms with Crippen LogP contribution in [0, 0.1) is 34.6 Å². The molecule has 0 fully saturated rings. The van der Waals surface area contributed by atoms with E-state index in [0.717, 1.165) is 90.5 Å². The molecule has 0 aromatic carbocycles. The number of aryl methyl sites for hydroxylation is 6. The van der Waals surface area contributed by atoms with Crippen LogP contribution in [0.3, 0.4) is 0 Å². The summed E-state index contributed by atoms with van der Waals surface area (Å²) in [5.74, 6) is 1.98. The monoisotopic (exact) mass is 541 g/mol. The van der Waals surface area contributed by atoms with Gasteiger partial charge in [-0.1, -0.05) is 6.92 Å². The van der Waals surface area contributed by atoms with Gasteiger partial charge in [0.05, 0.1) is 44.8 Å². The predicted octanol–water partition coefficient (Wildman–Crippen LogP) is 6.23. The lowest BCUT2D eigenvalue weighted by molar-refractivity contribution is 0.833. The zero-order chi connectivity index (χ0) is 26.6. The van der Waals surface area contributed by atoms with Crippen LogP contribution in [0.4, 0.5) is 0 Å². The first-order valence-corrected chi connectivity index (χ1v) is 14.2. The van der Waals surface area contributed by atoms with Crippen LogP contribution in [0.2, 0.25) is 0 Å². The van der Waals surface area contributed by atoms with Gasteiger partial charge in [0, 0.05) is 23.9 Å². The maximum Gasteiger partial charge on any atom is 0.176 e. The second-order valence-corrected chi connectivity index (χ2v) is 10.9. The molecule has 0 bridgehead atoms. The number of imidazole rings is 2. The number of thiazole rings is 2. The summed E-state index contributed by atoms with van der Waals surface area (Å²) in [6.45, 7) is 12.3. The fourth-order valence-corrected chi connectivity index (χ4v) is 6.41.